The Kier molecular flexibility index (Phi) is 3.98. The number of hydrogen-bond acceptors (Lipinski definition) is 4. The molecule has 0 amide bonds. The van der Waals surface area contributed by atoms with Gasteiger partial charge in [-0.15, -0.1) is 0 Å². The molecule has 0 spiro atoms. The van der Waals surface area contributed by atoms with Crippen LogP contribution in [0.3, 0.4) is 0 Å². The minimum Gasteiger partial charge on any atom is -0.383 e. The number of rotatable bonds is 3. The summed E-state index contributed by atoms with van der Waals surface area (Å²) in [5.74, 6) is 0.512. The lowest BCUT2D eigenvalue weighted by molar-refractivity contribution is 0.614. The fourth-order valence-corrected chi connectivity index (χ4v) is 2.42. The van der Waals surface area contributed by atoms with Crippen LogP contribution in [-0.2, 0) is 16.5 Å². The van der Waals surface area contributed by atoms with Gasteiger partial charge in [-0.1, -0.05) is 24.3 Å². The molecule has 1 heterocycles. The van der Waals surface area contributed by atoms with Crippen molar-refractivity contribution in [2.24, 2.45) is 0 Å². The summed E-state index contributed by atoms with van der Waals surface area (Å²) in [7, 11) is -2.39. The number of anilines is 1. The van der Waals surface area contributed by atoms with Crippen LogP contribution in [0.2, 0.25) is 0 Å². The van der Waals surface area contributed by atoms with Crippen molar-refractivity contribution >= 4 is 32.5 Å². The first-order valence-corrected chi connectivity index (χ1v) is 7.34. The number of hydrogen-bond donors (Lipinski definition) is 2. The highest BCUT2D eigenvalue weighted by Gasteiger charge is 2.03. The zero-order chi connectivity index (χ0) is 13.1. The highest BCUT2D eigenvalue weighted by atomic mass is 79.9. The molecule has 0 aliphatic heterocycles. The number of nitrogen functional groups attached to an aromatic ring is 1. The normalized spacial score (nSPS) is 10.8. The molecule has 1 aromatic heterocycles. The van der Waals surface area contributed by atoms with Gasteiger partial charge in [-0.3, -0.25) is 0 Å². The molecule has 0 bridgehead atoms. The van der Waals surface area contributed by atoms with Crippen LogP contribution in [-0.4, -0.2) is 13.4 Å². The van der Waals surface area contributed by atoms with Gasteiger partial charge < -0.3 is 5.73 Å². The van der Waals surface area contributed by atoms with Gasteiger partial charge in [-0.05, 0) is 33.1 Å². The molecule has 2 N–H and O–H groups in total. The van der Waals surface area contributed by atoms with E-state index in [-0.39, 0.29) is 5.75 Å². The van der Waals surface area contributed by atoms with Crippen LogP contribution in [0.1, 0.15) is 5.56 Å². The van der Waals surface area contributed by atoms with Gasteiger partial charge in [0.1, 0.15) is 16.5 Å². The Morgan fingerprint density at radius 3 is 2.39 bits per heavy atom. The van der Waals surface area contributed by atoms with Crippen molar-refractivity contribution in [3.63, 3.8) is 0 Å². The molecule has 18 heavy (non-hydrogen) atoms. The van der Waals surface area contributed by atoms with E-state index in [9.17, 15) is 8.42 Å². The second kappa shape index (κ2) is 5.49. The van der Waals surface area contributed by atoms with Crippen LogP contribution in [0, 0.1) is 0 Å². The third kappa shape index (κ3) is 3.08. The van der Waals surface area contributed by atoms with Crippen molar-refractivity contribution < 1.29 is 8.42 Å². The Labute approximate surface area is 115 Å². The van der Waals surface area contributed by atoms with Crippen molar-refractivity contribution in [1.29, 1.82) is 0 Å². The van der Waals surface area contributed by atoms with E-state index in [0.717, 1.165) is 21.2 Å². The molecule has 0 saturated heterocycles. The van der Waals surface area contributed by atoms with Crippen LogP contribution in [0.4, 0.5) is 5.82 Å². The molecule has 0 aliphatic rings. The van der Waals surface area contributed by atoms with Crippen LogP contribution in [0.15, 0.2) is 41.0 Å². The van der Waals surface area contributed by atoms with E-state index >= 15 is 0 Å². The molecule has 2 rings (SSSR count). The van der Waals surface area contributed by atoms with E-state index < -0.39 is 10.7 Å². The van der Waals surface area contributed by atoms with Gasteiger partial charge in [0.05, 0.1) is 10.2 Å². The molecule has 0 unspecified atom stereocenters. The molecule has 0 radical (unpaired) electrons. The fourth-order valence-electron chi connectivity index (χ4n) is 1.56. The van der Waals surface area contributed by atoms with E-state index in [0.29, 0.717) is 5.82 Å². The predicted octanol–water partition coefficient (Wildman–Crippen LogP) is 2.20. The van der Waals surface area contributed by atoms with Crippen LogP contribution >= 0.6 is 15.9 Å². The minimum atomic E-state index is -2.39. The highest BCUT2D eigenvalue weighted by molar-refractivity contribution is 9.10. The first-order chi connectivity index (χ1) is 8.56. The van der Waals surface area contributed by atoms with Gasteiger partial charge in [-0.25, -0.2) is 13.4 Å². The zero-order valence-electron chi connectivity index (χ0n) is 9.34. The molecule has 4 nitrogen and oxygen atoms in total. The van der Waals surface area contributed by atoms with Gasteiger partial charge in [0.2, 0.25) is 0 Å². The topological polar surface area (TPSA) is 73.0 Å². The predicted molar refractivity (Wildman–Crippen MR) is 75.8 cm³/mol. The SMILES string of the molecule is Nc1ncc(-c2ccc(C[SH](=O)=O)cc2)cc1Br. The maximum Gasteiger partial charge on any atom is 0.144 e. The van der Waals surface area contributed by atoms with Crippen molar-refractivity contribution in [2.75, 3.05) is 5.73 Å². The summed E-state index contributed by atoms with van der Waals surface area (Å²) < 4.78 is 22.0. The number of aromatic nitrogens is 1. The largest absolute Gasteiger partial charge is 0.383 e. The molecule has 0 aliphatic carbocycles. The van der Waals surface area contributed by atoms with Crippen LogP contribution < -0.4 is 5.73 Å². The summed E-state index contributed by atoms with van der Waals surface area (Å²) in [5, 5.41) is 0. The Morgan fingerprint density at radius 2 is 1.83 bits per heavy atom. The van der Waals surface area contributed by atoms with Crippen molar-refractivity contribution in [1.82, 2.24) is 4.98 Å². The van der Waals surface area contributed by atoms with Crippen molar-refractivity contribution in [2.45, 2.75) is 5.75 Å². The second-order valence-electron chi connectivity index (χ2n) is 3.78. The lowest BCUT2D eigenvalue weighted by atomic mass is 10.1. The third-order valence-electron chi connectivity index (χ3n) is 2.47. The Balaban J connectivity index is 2.31. The molecule has 0 saturated carbocycles. The van der Waals surface area contributed by atoms with Gasteiger partial charge in [0, 0.05) is 11.8 Å². The number of halogens is 1. The van der Waals surface area contributed by atoms with Gasteiger partial charge >= 0.3 is 0 Å². The number of nitrogens with two attached hydrogens (primary N) is 1. The second-order valence-corrected chi connectivity index (χ2v) is 5.61. The fraction of sp³-hybridized carbons (Fsp3) is 0.0833. The van der Waals surface area contributed by atoms with Crippen molar-refractivity contribution in [3.8, 4) is 11.1 Å². The number of nitrogens with zero attached hydrogens (tertiary/aromatic N) is 1. The summed E-state index contributed by atoms with van der Waals surface area (Å²) in [5.41, 5.74) is 8.29. The van der Waals surface area contributed by atoms with E-state index in [2.05, 4.69) is 20.9 Å². The smallest absolute Gasteiger partial charge is 0.144 e. The summed E-state index contributed by atoms with van der Waals surface area (Å²) in [6.07, 6.45) is 1.68. The molecule has 6 heteroatoms. The molecule has 0 fully saturated rings. The maximum atomic E-state index is 10.6. The van der Waals surface area contributed by atoms with Gasteiger partial charge in [-0.2, -0.15) is 0 Å². The molecular weight excluding hydrogens is 316 g/mol. The highest BCUT2D eigenvalue weighted by Crippen LogP contribution is 2.25. The van der Waals surface area contributed by atoms with Gasteiger partial charge in [0.25, 0.3) is 0 Å². The molecule has 2 aromatic rings. The molecular formula is C12H11BrN2O2S. The Bertz CT molecular complexity index is 631. The summed E-state index contributed by atoms with van der Waals surface area (Å²) in [6, 6.07) is 9.21. The quantitative estimate of drug-likeness (QED) is 0.848. The number of pyridine rings is 1. The Morgan fingerprint density at radius 1 is 1.17 bits per heavy atom. The van der Waals surface area contributed by atoms with E-state index in [1.807, 2.05) is 18.2 Å². The third-order valence-corrected chi connectivity index (χ3v) is 3.73. The average Bonchev–Trinajstić information content (AvgIpc) is 2.33. The average molecular weight is 327 g/mol. The van der Waals surface area contributed by atoms with Crippen LogP contribution in [0.25, 0.3) is 11.1 Å². The molecule has 1 aromatic carbocycles. The standard InChI is InChI=1S/C12H11BrN2O2S/c13-11-5-10(6-15-12(11)14)9-3-1-8(2-4-9)7-18(16)17/h1-6,18H,7H2,(H2,14,15). The van der Waals surface area contributed by atoms with E-state index in [4.69, 9.17) is 5.73 Å². The lowest BCUT2D eigenvalue weighted by Gasteiger charge is -2.04. The molecule has 0 atom stereocenters. The van der Waals surface area contributed by atoms with E-state index in [1.54, 1.807) is 18.3 Å². The lowest BCUT2D eigenvalue weighted by Crippen LogP contribution is -1.92. The Hall–Kier alpha value is -1.40. The molecule has 94 valence electrons. The van der Waals surface area contributed by atoms with E-state index in [1.165, 1.54) is 0 Å². The first kappa shape index (κ1) is 13.0. The van der Waals surface area contributed by atoms with Crippen LogP contribution in [0.5, 0.6) is 0 Å². The zero-order valence-corrected chi connectivity index (χ0v) is 11.8. The number of thiol groups is 1. The van der Waals surface area contributed by atoms with Gasteiger partial charge in [0.15, 0.2) is 0 Å². The minimum absolute atomic E-state index is 0.0687. The summed E-state index contributed by atoms with van der Waals surface area (Å²) in [6.45, 7) is 0. The number of benzene rings is 1. The monoisotopic (exact) mass is 326 g/mol. The summed E-state index contributed by atoms with van der Waals surface area (Å²) in [4.78, 5) is 4.06. The maximum absolute atomic E-state index is 10.6. The summed E-state index contributed by atoms with van der Waals surface area (Å²) >= 11 is 3.32. The first-order valence-electron chi connectivity index (χ1n) is 5.18. The van der Waals surface area contributed by atoms with Crippen molar-refractivity contribution in [3.05, 3.63) is 46.6 Å².